The van der Waals surface area contributed by atoms with Gasteiger partial charge >= 0.3 is 5.97 Å². The Morgan fingerprint density at radius 1 is 1.45 bits per heavy atom. The van der Waals surface area contributed by atoms with Crippen LogP contribution >= 0.6 is 0 Å². The Morgan fingerprint density at radius 2 is 2.15 bits per heavy atom. The van der Waals surface area contributed by atoms with Gasteiger partial charge in [0.1, 0.15) is 0 Å². The van der Waals surface area contributed by atoms with E-state index in [4.69, 9.17) is 4.74 Å². The molecule has 20 heavy (non-hydrogen) atoms. The zero-order chi connectivity index (χ0) is 14.9. The van der Waals surface area contributed by atoms with Gasteiger partial charge < -0.3 is 4.74 Å². The van der Waals surface area contributed by atoms with Crippen molar-refractivity contribution in [2.24, 2.45) is 5.41 Å². The zero-order valence-electron chi connectivity index (χ0n) is 12.1. The third-order valence-corrected chi connectivity index (χ3v) is 3.75. The minimum atomic E-state index is -0.497. The minimum absolute atomic E-state index is 0.0401. The van der Waals surface area contributed by atoms with Crippen LogP contribution in [0.4, 0.5) is 5.69 Å². The number of nitrogens with zero attached hydrogens (tertiary/aromatic N) is 1. The molecule has 0 radical (unpaired) electrons. The second kappa shape index (κ2) is 5.23. The van der Waals surface area contributed by atoms with Crippen molar-refractivity contribution in [3.05, 3.63) is 38.9 Å². The maximum absolute atomic E-state index is 11.8. The van der Waals surface area contributed by atoms with Crippen molar-refractivity contribution in [1.29, 1.82) is 0 Å². The van der Waals surface area contributed by atoms with Gasteiger partial charge in [-0.05, 0) is 43.2 Å². The van der Waals surface area contributed by atoms with Crippen molar-refractivity contribution in [2.75, 3.05) is 6.61 Å². The van der Waals surface area contributed by atoms with E-state index >= 15 is 0 Å². The monoisotopic (exact) mass is 277 g/mol. The first kappa shape index (κ1) is 14.5. The highest BCUT2D eigenvalue weighted by Crippen LogP contribution is 2.39. The Hall–Kier alpha value is -1.91. The van der Waals surface area contributed by atoms with Crippen LogP contribution in [0.15, 0.2) is 12.1 Å². The summed E-state index contributed by atoms with van der Waals surface area (Å²) in [6.45, 7) is 6.20. The molecule has 0 saturated carbocycles. The average molecular weight is 277 g/mol. The van der Waals surface area contributed by atoms with E-state index in [9.17, 15) is 14.9 Å². The molecule has 0 spiro atoms. The van der Waals surface area contributed by atoms with Crippen molar-refractivity contribution >= 4 is 11.7 Å². The van der Waals surface area contributed by atoms with Gasteiger partial charge in [-0.3, -0.25) is 10.1 Å². The van der Waals surface area contributed by atoms with E-state index in [1.54, 1.807) is 13.0 Å². The van der Waals surface area contributed by atoms with Gasteiger partial charge in [0.2, 0.25) is 0 Å². The standard InChI is InChI=1S/C15H19NO4/c1-4-20-14(17)11-7-10-5-6-15(2,3)9-12(10)13(8-11)16(18)19/h7-8H,4-6,9H2,1-3H3. The van der Waals surface area contributed by atoms with Crippen LogP contribution in [0.2, 0.25) is 0 Å². The number of carbonyl (C=O) groups excluding carboxylic acids is 1. The van der Waals surface area contributed by atoms with Gasteiger partial charge in [0.15, 0.2) is 0 Å². The summed E-state index contributed by atoms with van der Waals surface area (Å²) in [6.07, 6.45) is 2.39. The van der Waals surface area contributed by atoms with Crippen LogP contribution in [-0.4, -0.2) is 17.5 Å². The molecular weight excluding hydrogens is 258 g/mol. The Bertz CT molecular complexity index is 563. The molecule has 0 aliphatic heterocycles. The average Bonchev–Trinajstić information content (AvgIpc) is 2.36. The van der Waals surface area contributed by atoms with E-state index < -0.39 is 10.9 Å². The van der Waals surface area contributed by atoms with Gasteiger partial charge in [0, 0.05) is 11.6 Å². The van der Waals surface area contributed by atoms with Crippen molar-refractivity contribution in [3.63, 3.8) is 0 Å². The summed E-state index contributed by atoms with van der Waals surface area (Å²) in [4.78, 5) is 22.7. The molecule has 1 aromatic carbocycles. The quantitative estimate of drug-likeness (QED) is 0.483. The molecule has 5 heteroatoms. The summed E-state index contributed by atoms with van der Waals surface area (Å²) in [5, 5.41) is 11.3. The van der Waals surface area contributed by atoms with Gasteiger partial charge in [-0.15, -0.1) is 0 Å². The zero-order valence-corrected chi connectivity index (χ0v) is 12.1. The Balaban J connectivity index is 2.50. The van der Waals surface area contributed by atoms with Gasteiger partial charge in [-0.2, -0.15) is 0 Å². The summed E-state index contributed by atoms with van der Waals surface area (Å²) >= 11 is 0. The molecule has 0 bridgehead atoms. The lowest BCUT2D eigenvalue weighted by Crippen LogP contribution is -2.23. The number of nitro groups is 1. The van der Waals surface area contributed by atoms with E-state index in [0.29, 0.717) is 6.42 Å². The van der Waals surface area contributed by atoms with Gasteiger partial charge in [0.05, 0.1) is 17.1 Å². The number of nitro benzene ring substituents is 1. The van der Waals surface area contributed by atoms with Crippen LogP contribution in [0, 0.1) is 15.5 Å². The summed E-state index contributed by atoms with van der Waals surface area (Å²) < 4.78 is 4.93. The number of hydrogen-bond donors (Lipinski definition) is 0. The van der Waals surface area contributed by atoms with Gasteiger partial charge in [-0.1, -0.05) is 13.8 Å². The highest BCUT2D eigenvalue weighted by molar-refractivity contribution is 5.90. The van der Waals surface area contributed by atoms with E-state index in [0.717, 1.165) is 24.0 Å². The number of esters is 1. The molecule has 108 valence electrons. The van der Waals surface area contributed by atoms with Gasteiger partial charge in [0.25, 0.3) is 5.69 Å². The smallest absolute Gasteiger partial charge is 0.338 e. The molecule has 0 unspecified atom stereocenters. The number of rotatable bonds is 3. The van der Waals surface area contributed by atoms with Crippen LogP contribution in [-0.2, 0) is 17.6 Å². The number of fused-ring (bicyclic) bond motifs is 1. The Morgan fingerprint density at radius 3 is 2.75 bits per heavy atom. The van der Waals surface area contributed by atoms with E-state index in [2.05, 4.69) is 13.8 Å². The number of carbonyl (C=O) groups is 1. The highest BCUT2D eigenvalue weighted by Gasteiger charge is 2.32. The largest absolute Gasteiger partial charge is 0.462 e. The van der Waals surface area contributed by atoms with Crippen LogP contribution in [0.3, 0.4) is 0 Å². The third kappa shape index (κ3) is 2.81. The number of ether oxygens (including phenoxy) is 1. The number of aryl methyl sites for hydroxylation is 1. The summed E-state index contributed by atoms with van der Waals surface area (Å²) in [5.41, 5.74) is 2.04. The molecule has 0 saturated heterocycles. The predicted octanol–water partition coefficient (Wildman–Crippen LogP) is 3.29. The molecule has 0 fully saturated rings. The van der Waals surface area contributed by atoms with Crippen molar-refractivity contribution < 1.29 is 14.5 Å². The minimum Gasteiger partial charge on any atom is -0.462 e. The maximum atomic E-state index is 11.8. The topological polar surface area (TPSA) is 69.4 Å². The molecule has 5 nitrogen and oxygen atoms in total. The molecule has 0 atom stereocenters. The predicted molar refractivity (Wildman–Crippen MR) is 74.9 cm³/mol. The maximum Gasteiger partial charge on any atom is 0.338 e. The first-order chi connectivity index (χ1) is 9.34. The molecule has 2 rings (SSSR count). The summed E-state index contributed by atoms with van der Waals surface area (Å²) in [7, 11) is 0. The molecule has 0 aromatic heterocycles. The first-order valence-electron chi connectivity index (χ1n) is 6.81. The third-order valence-electron chi connectivity index (χ3n) is 3.75. The molecule has 1 aliphatic rings. The Kier molecular flexibility index (Phi) is 3.79. The highest BCUT2D eigenvalue weighted by atomic mass is 16.6. The molecule has 0 N–H and O–H groups in total. The molecular formula is C15H19NO4. The summed E-state index contributed by atoms with van der Waals surface area (Å²) in [5.74, 6) is -0.497. The lowest BCUT2D eigenvalue weighted by Gasteiger charge is -2.31. The van der Waals surface area contributed by atoms with Crippen molar-refractivity contribution in [2.45, 2.75) is 40.0 Å². The van der Waals surface area contributed by atoms with Crippen LogP contribution in [0.25, 0.3) is 0 Å². The lowest BCUT2D eigenvalue weighted by atomic mass is 9.73. The number of benzene rings is 1. The van der Waals surface area contributed by atoms with Crippen LogP contribution in [0.1, 0.15) is 48.7 Å². The molecule has 0 heterocycles. The second-order valence-electron chi connectivity index (χ2n) is 5.95. The fourth-order valence-electron chi connectivity index (χ4n) is 2.68. The molecule has 1 aromatic rings. The normalized spacial score (nSPS) is 16.4. The lowest BCUT2D eigenvalue weighted by molar-refractivity contribution is -0.385. The SMILES string of the molecule is CCOC(=O)c1cc2c(c([N+](=O)[O-])c1)CC(C)(C)CC2. The van der Waals surface area contributed by atoms with Crippen LogP contribution in [0.5, 0.6) is 0 Å². The Labute approximate surface area is 118 Å². The first-order valence-corrected chi connectivity index (χ1v) is 6.81. The van der Waals surface area contributed by atoms with E-state index in [1.807, 2.05) is 0 Å². The van der Waals surface area contributed by atoms with Crippen LogP contribution < -0.4 is 0 Å². The van der Waals surface area contributed by atoms with E-state index in [1.165, 1.54) is 6.07 Å². The fourth-order valence-corrected chi connectivity index (χ4v) is 2.68. The van der Waals surface area contributed by atoms with Crippen molar-refractivity contribution in [3.8, 4) is 0 Å². The molecule has 0 amide bonds. The molecule has 1 aliphatic carbocycles. The van der Waals surface area contributed by atoms with Gasteiger partial charge in [-0.25, -0.2) is 4.79 Å². The van der Waals surface area contributed by atoms with E-state index in [-0.39, 0.29) is 23.3 Å². The number of hydrogen-bond acceptors (Lipinski definition) is 4. The second-order valence-corrected chi connectivity index (χ2v) is 5.95. The summed E-state index contributed by atoms with van der Waals surface area (Å²) in [6, 6.07) is 3.09. The van der Waals surface area contributed by atoms with Crippen molar-refractivity contribution in [1.82, 2.24) is 0 Å². The fraction of sp³-hybridized carbons (Fsp3) is 0.533.